The molecule has 25 heavy (non-hydrogen) atoms. The number of hydrogen-bond donors (Lipinski definition) is 0. The maximum Gasteiger partial charge on any atom is 0.453 e. The van der Waals surface area contributed by atoms with E-state index in [1.165, 1.54) is 56.5 Å². The zero-order valence-electron chi connectivity index (χ0n) is 15.6. The molecule has 0 unspecified atom stereocenters. The lowest BCUT2D eigenvalue weighted by molar-refractivity contribution is -0.284. The first-order chi connectivity index (χ1) is 11.8. The Morgan fingerprint density at radius 1 is 0.560 bits per heavy atom. The van der Waals surface area contributed by atoms with Crippen molar-refractivity contribution < 1.29 is 22.0 Å². The van der Waals surface area contributed by atoms with Crippen molar-refractivity contribution in [1.29, 1.82) is 0 Å². The summed E-state index contributed by atoms with van der Waals surface area (Å²) in [7, 11) is 0. The monoisotopic (exact) mass is 390 g/mol. The van der Waals surface area contributed by atoms with Crippen molar-refractivity contribution in [2.45, 2.75) is 109 Å². The molecule has 0 spiro atoms. The normalized spacial score (nSPS) is 12.7. The van der Waals surface area contributed by atoms with Gasteiger partial charge in [0.25, 0.3) is 0 Å². The predicted octanol–water partition coefficient (Wildman–Crippen LogP) is 8.40. The summed E-state index contributed by atoms with van der Waals surface area (Å²) >= 11 is 2.01. The highest BCUT2D eigenvalue weighted by molar-refractivity contribution is 7.99. The van der Waals surface area contributed by atoms with Crippen molar-refractivity contribution in [2.75, 3.05) is 11.5 Å². The Morgan fingerprint density at radius 2 is 0.920 bits per heavy atom. The Morgan fingerprint density at radius 3 is 1.28 bits per heavy atom. The van der Waals surface area contributed by atoms with E-state index in [-0.39, 0.29) is 6.42 Å². The Balaban J connectivity index is 3.22. The molecule has 0 aliphatic carbocycles. The lowest BCUT2D eigenvalue weighted by atomic mass is 10.0. The largest absolute Gasteiger partial charge is 0.453 e. The zero-order chi connectivity index (χ0) is 19.0. The van der Waals surface area contributed by atoms with Crippen molar-refractivity contribution in [3.05, 3.63) is 0 Å². The van der Waals surface area contributed by atoms with E-state index in [2.05, 4.69) is 6.92 Å². The molecule has 0 heterocycles. The lowest BCUT2D eigenvalue weighted by Gasteiger charge is -2.19. The minimum atomic E-state index is -5.40. The highest BCUT2D eigenvalue weighted by Crippen LogP contribution is 2.39. The first-order valence-electron chi connectivity index (χ1n) is 9.83. The fourth-order valence-corrected chi connectivity index (χ4v) is 3.48. The van der Waals surface area contributed by atoms with Crippen molar-refractivity contribution in [2.24, 2.45) is 0 Å². The molecule has 0 aliphatic rings. The summed E-state index contributed by atoms with van der Waals surface area (Å²) in [6.07, 6.45) is 6.87. The van der Waals surface area contributed by atoms with E-state index >= 15 is 0 Å². The quantitative estimate of drug-likeness (QED) is 0.177. The molecule has 0 aliphatic heterocycles. The summed E-state index contributed by atoms with van der Waals surface area (Å²) in [5.41, 5.74) is 0. The third-order valence-corrected chi connectivity index (χ3v) is 5.38. The van der Waals surface area contributed by atoms with E-state index < -0.39 is 18.5 Å². The highest BCUT2D eigenvalue weighted by atomic mass is 32.2. The van der Waals surface area contributed by atoms with E-state index in [0.29, 0.717) is 6.42 Å². The van der Waals surface area contributed by atoms with E-state index in [9.17, 15) is 22.0 Å². The van der Waals surface area contributed by atoms with Gasteiger partial charge in [-0.2, -0.15) is 33.7 Å². The van der Waals surface area contributed by atoms with Crippen LogP contribution in [0, 0.1) is 0 Å². The molecule has 6 heteroatoms. The molecule has 0 bridgehead atoms. The Kier molecular flexibility index (Phi) is 15.1. The van der Waals surface area contributed by atoms with Gasteiger partial charge in [0.05, 0.1) is 0 Å². The topological polar surface area (TPSA) is 0 Å². The molecule has 0 aromatic carbocycles. The van der Waals surface area contributed by atoms with E-state index in [0.717, 1.165) is 25.7 Å². The van der Waals surface area contributed by atoms with Crippen molar-refractivity contribution in [3.63, 3.8) is 0 Å². The standard InChI is InChI=1S/C19H35F5S/c1-2-25-17-15-13-11-9-7-5-3-4-6-8-10-12-14-16-18(20,21)19(22,23)24/h2-17H2,1H3. The molecule has 152 valence electrons. The summed E-state index contributed by atoms with van der Waals surface area (Å²) in [6, 6.07) is 0. The maximum absolute atomic E-state index is 12.7. The zero-order valence-corrected chi connectivity index (χ0v) is 16.4. The average Bonchev–Trinajstić information content (AvgIpc) is 2.53. The first-order valence-corrected chi connectivity index (χ1v) is 11.0. The van der Waals surface area contributed by atoms with Crippen LogP contribution in [0.3, 0.4) is 0 Å². The molecule has 0 aromatic rings. The van der Waals surface area contributed by atoms with Crippen molar-refractivity contribution in [3.8, 4) is 0 Å². The minimum absolute atomic E-state index is 0.0523. The second-order valence-electron chi connectivity index (χ2n) is 6.75. The van der Waals surface area contributed by atoms with Crippen LogP contribution in [0.1, 0.15) is 96.8 Å². The fraction of sp³-hybridized carbons (Fsp3) is 1.00. The van der Waals surface area contributed by atoms with Gasteiger partial charge in [-0.1, -0.05) is 77.6 Å². The van der Waals surface area contributed by atoms with Gasteiger partial charge in [-0.05, 0) is 24.3 Å². The van der Waals surface area contributed by atoms with Crippen LogP contribution in [0.2, 0.25) is 0 Å². The van der Waals surface area contributed by atoms with Gasteiger partial charge in [-0.25, -0.2) is 0 Å². The van der Waals surface area contributed by atoms with Crippen LogP contribution >= 0.6 is 11.8 Å². The second kappa shape index (κ2) is 15.1. The molecule has 0 aromatic heterocycles. The fourth-order valence-electron chi connectivity index (χ4n) is 2.78. The molecule has 0 amide bonds. The van der Waals surface area contributed by atoms with Crippen LogP contribution in [0.25, 0.3) is 0 Å². The van der Waals surface area contributed by atoms with Gasteiger partial charge in [0.15, 0.2) is 0 Å². The molecular weight excluding hydrogens is 355 g/mol. The predicted molar refractivity (Wildman–Crippen MR) is 98.6 cm³/mol. The number of thioether (sulfide) groups is 1. The van der Waals surface area contributed by atoms with Gasteiger partial charge in [0.1, 0.15) is 0 Å². The highest BCUT2D eigenvalue weighted by Gasteiger charge is 2.56. The summed E-state index contributed by atoms with van der Waals surface area (Å²) in [6.45, 7) is 2.19. The average molecular weight is 391 g/mol. The molecule has 0 rings (SSSR count). The maximum atomic E-state index is 12.7. The van der Waals surface area contributed by atoms with Crippen LogP contribution in [0.4, 0.5) is 22.0 Å². The summed E-state index contributed by atoms with van der Waals surface area (Å²) in [5, 5.41) is 0. The van der Waals surface area contributed by atoms with Gasteiger partial charge in [-0.3, -0.25) is 0 Å². The number of alkyl halides is 5. The molecule has 0 N–H and O–H groups in total. The number of unbranched alkanes of at least 4 members (excludes halogenated alkanes) is 12. The Labute approximate surface area is 154 Å². The summed E-state index contributed by atoms with van der Waals surface area (Å²) in [5.74, 6) is -2.04. The second-order valence-corrected chi connectivity index (χ2v) is 8.14. The van der Waals surface area contributed by atoms with E-state index in [1.807, 2.05) is 11.8 Å². The SMILES string of the molecule is CCSCCCCCCCCCCCCCCCC(F)(F)C(F)(F)F. The molecular formula is C19H35F5S. The first kappa shape index (κ1) is 25.0. The molecule has 0 nitrogen and oxygen atoms in total. The number of hydrogen-bond acceptors (Lipinski definition) is 1. The number of halogens is 5. The van der Waals surface area contributed by atoms with Crippen LogP contribution < -0.4 is 0 Å². The van der Waals surface area contributed by atoms with Crippen LogP contribution in [-0.4, -0.2) is 23.6 Å². The van der Waals surface area contributed by atoms with E-state index in [1.54, 1.807) is 0 Å². The smallest absolute Gasteiger partial charge is 0.196 e. The van der Waals surface area contributed by atoms with Crippen molar-refractivity contribution in [1.82, 2.24) is 0 Å². The molecule has 0 saturated carbocycles. The van der Waals surface area contributed by atoms with E-state index in [4.69, 9.17) is 0 Å². The van der Waals surface area contributed by atoms with Gasteiger partial charge in [0.2, 0.25) is 0 Å². The molecule has 0 atom stereocenters. The summed E-state index contributed by atoms with van der Waals surface area (Å²) in [4.78, 5) is 0. The number of rotatable bonds is 17. The summed E-state index contributed by atoms with van der Waals surface area (Å²) < 4.78 is 61.3. The lowest BCUT2D eigenvalue weighted by Crippen LogP contribution is -2.36. The van der Waals surface area contributed by atoms with Crippen molar-refractivity contribution >= 4 is 11.8 Å². The van der Waals surface area contributed by atoms with Gasteiger partial charge in [0, 0.05) is 6.42 Å². The third kappa shape index (κ3) is 14.8. The van der Waals surface area contributed by atoms with Crippen LogP contribution in [-0.2, 0) is 0 Å². The Bertz CT molecular complexity index is 292. The van der Waals surface area contributed by atoms with Crippen LogP contribution in [0.15, 0.2) is 0 Å². The molecule has 0 fully saturated rings. The Hall–Kier alpha value is -0.0000000000000000555. The molecule has 0 saturated heterocycles. The minimum Gasteiger partial charge on any atom is -0.196 e. The van der Waals surface area contributed by atoms with Gasteiger partial charge >= 0.3 is 12.1 Å². The molecule has 0 radical (unpaired) electrons. The van der Waals surface area contributed by atoms with Crippen LogP contribution in [0.5, 0.6) is 0 Å². The van der Waals surface area contributed by atoms with Gasteiger partial charge in [-0.15, -0.1) is 0 Å². The van der Waals surface area contributed by atoms with Gasteiger partial charge < -0.3 is 0 Å². The third-order valence-electron chi connectivity index (χ3n) is 4.40.